The minimum Gasteiger partial charge on any atom is -0.321 e. The van der Waals surface area contributed by atoms with Gasteiger partial charge in [-0.1, -0.05) is 0 Å². The summed E-state index contributed by atoms with van der Waals surface area (Å²) in [6, 6.07) is 1.25. The van der Waals surface area contributed by atoms with Crippen LogP contribution in [-0.4, -0.2) is 9.55 Å². The maximum Gasteiger partial charge on any atom is 0.207 e. The van der Waals surface area contributed by atoms with Gasteiger partial charge in [0.25, 0.3) is 0 Å². The summed E-state index contributed by atoms with van der Waals surface area (Å²) in [6.45, 7) is 4.26. The summed E-state index contributed by atoms with van der Waals surface area (Å²) in [7, 11) is 0. The molecule has 3 nitrogen and oxygen atoms in total. The van der Waals surface area contributed by atoms with Crippen LogP contribution in [0.15, 0.2) is 18.3 Å². The fraction of sp³-hybridized carbons (Fsp3) is 0.250. The monoisotopic (exact) mass is 255 g/mol. The van der Waals surface area contributed by atoms with Crippen LogP contribution in [0.5, 0.6) is 0 Å². The van der Waals surface area contributed by atoms with Crippen LogP contribution in [0.25, 0.3) is 0 Å². The summed E-state index contributed by atoms with van der Waals surface area (Å²) in [5.41, 5.74) is 0.318. The number of hydrogen-bond donors (Lipinski definition) is 1. The molecule has 2 rings (SSSR count). The zero-order valence-electron chi connectivity index (χ0n) is 9.97. The molecule has 1 aromatic carbocycles. The Bertz CT molecular complexity index is 555. The molecule has 1 N–H and O–H groups in total. The summed E-state index contributed by atoms with van der Waals surface area (Å²) in [6.07, 6.45) is 1.75. The Labute approximate surface area is 102 Å². The topological polar surface area (TPSA) is 29.9 Å². The van der Waals surface area contributed by atoms with E-state index in [0.717, 1.165) is 5.69 Å². The Hall–Kier alpha value is -1.98. The second-order valence-corrected chi connectivity index (χ2v) is 3.86. The summed E-state index contributed by atoms with van der Waals surface area (Å²) in [5.74, 6) is -2.61. The highest BCUT2D eigenvalue weighted by Crippen LogP contribution is 2.24. The van der Waals surface area contributed by atoms with Crippen LogP contribution >= 0.6 is 0 Å². The third kappa shape index (κ3) is 2.32. The summed E-state index contributed by atoms with van der Waals surface area (Å²) in [5, 5.41) is 2.54. The van der Waals surface area contributed by atoms with Crippen molar-refractivity contribution in [2.24, 2.45) is 0 Å². The molecule has 1 heterocycles. The van der Waals surface area contributed by atoms with Gasteiger partial charge in [0.15, 0.2) is 11.6 Å². The van der Waals surface area contributed by atoms with E-state index in [1.807, 2.05) is 6.92 Å². The molecule has 0 amide bonds. The number of imidazole rings is 1. The Morgan fingerprint density at radius 1 is 1.22 bits per heavy atom. The van der Waals surface area contributed by atoms with Crippen LogP contribution in [0.4, 0.5) is 24.8 Å². The predicted molar refractivity (Wildman–Crippen MR) is 62.2 cm³/mol. The van der Waals surface area contributed by atoms with E-state index in [0.29, 0.717) is 24.6 Å². The van der Waals surface area contributed by atoms with Gasteiger partial charge in [-0.05, 0) is 13.8 Å². The lowest BCUT2D eigenvalue weighted by atomic mass is 10.3. The number of hydrogen-bond acceptors (Lipinski definition) is 2. The number of rotatable bonds is 3. The standard InChI is InChI=1S/C12H12F3N3/c1-3-18-6-7(2)16-12(18)17-11-9(14)4-8(13)5-10(11)15/h4-6H,3H2,1-2H3,(H,16,17). The van der Waals surface area contributed by atoms with E-state index in [2.05, 4.69) is 10.3 Å². The van der Waals surface area contributed by atoms with Crippen molar-refractivity contribution in [3.05, 3.63) is 41.5 Å². The predicted octanol–water partition coefficient (Wildman–Crippen LogP) is 3.37. The van der Waals surface area contributed by atoms with Gasteiger partial charge in [0.1, 0.15) is 11.5 Å². The van der Waals surface area contributed by atoms with E-state index in [4.69, 9.17) is 0 Å². The minimum atomic E-state index is -0.990. The third-order valence-corrected chi connectivity index (χ3v) is 2.48. The normalized spacial score (nSPS) is 10.7. The van der Waals surface area contributed by atoms with E-state index in [1.165, 1.54) is 0 Å². The van der Waals surface area contributed by atoms with Gasteiger partial charge in [0, 0.05) is 24.9 Å². The van der Waals surface area contributed by atoms with Gasteiger partial charge in [0.2, 0.25) is 5.95 Å². The first-order chi connectivity index (χ1) is 8.51. The Morgan fingerprint density at radius 3 is 2.39 bits per heavy atom. The molecule has 2 aromatic rings. The van der Waals surface area contributed by atoms with E-state index in [-0.39, 0.29) is 0 Å². The Balaban J connectivity index is 2.39. The molecule has 0 spiro atoms. The molecule has 0 fully saturated rings. The van der Waals surface area contributed by atoms with Crippen molar-refractivity contribution >= 4 is 11.6 Å². The number of nitrogens with one attached hydrogen (secondary N) is 1. The number of anilines is 2. The zero-order chi connectivity index (χ0) is 13.3. The molecule has 0 radical (unpaired) electrons. The Kier molecular flexibility index (Phi) is 3.27. The molecular formula is C12H12F3N3. The fourth-order valence-corrected chi connectivity index (χ4v) is 1.66. The molecule has 0 aliphatic heterocycles. The van der Waals surface area contributed by atoms with E-state index in [9.17, 15) is 13.2 Å². The average molecular weight is 255 g/mol. The third-order valence-electron chi connectivity index (χ3n) is 2.48. The van der Waals surface area contributed by atoms with Gasteiger partial charge in [-0.3, -0.25) is 0 Å². The number of halogens is 3. The average Bonchev–Trinajstić information content (AvgIpc) is 2.64. The lowest BCUT2D eigenvalue weighted by Gasteiger charge is -2.09. The minimum absolute atomic E-state index is 0.319. The smallest absolute Gasteiger partial charge is 0.207 e. The fourth-order valence-electron chi connectivity index (χ4n) is 1.66. The quantitative estimate of drug-likeness (QED) is 0.911. The van der Waals surface area contributed by atoms with Crippen LogP contribution in [0.3, 0.4) is 0 Å². The highest BCUT2D eigenvalue weighted by molar-refractivity contribution is 5.55. The van der Waals surface area contributed by atoms with Gasteiger partial charge in [-0.2, -0.15) is 0 Å². The van der Waals surface area contributed by atoms with E-state index in [1.54, 1.807) is 17.7 Å². The Morgan fingerprint density at radius 2 is 1.83 bits per heavy atom. The van der Waals surface area contributed by atoms with Crippen molar-refractivity contribution in [1.82, 2.24) is 9.55 Å². The molecule has 0 saturated carbocycles. The molecule has 0 bridgehead atoms. The lowest BCUT2D eigenvalue weighted by molar-refractivity contribution is 0.548. The van der Waals surface area contributed by atoms with Gasteiger partial charge in [-0.15, -0.1) is 0 Å². The second kappa shape index (κ2) is 4.72. The molecule has 6 heteroatoms. The molecule has 1 aromatic heterocycles. The van der Waals surface area contributed by atoms with Gasteiger partial charge in [0.05, 0.1) is 5.69 Å². The summed E-state index contributed by atoms with van der Waals surface area (Å²) < 4.78 is 41.4. The van der Waals surface area contributed by atoms with Gasteiger partial charge >= 0.3 is 0 Å². The second-order valence-electron chi connectivity index (χ2n) is 3.86. The molecule has 96 valence electrons. The number of aryl methyl sites for hydroxylation is 2. The molecule has 0 unspecified atom stereocenters. The van der Waals surface area contributed by atoms with Crippen LogP contribution in [-0.2, 0) is 6.54 Å². The van der Waals surface area contributed by atoms with Crippen molar-refractivity contribution in [2.45, 2.75) is 20.4 Å². The molecule has 0 saturated heterocycles. The molecule has 0 atom stereocenters. The summed E-state index contributed by atoms with van der Waals surface area (Å²) in [4.78, 5) is 4.11. The largest absolute Gasteiger partial charge is 0.321 e. The van der Waals surface area contributed by atoms with Crippen LogP contribution in [0.2, 0.25) is 0 Å². The molecule has 0 aliphatic rings. The summed E-state index contributed by atoms with van der Waals surface area (Å²) >= 11 is 0. The number of benzene rings is 1. The first kappa shape index (κ1) is 12.5. The molecular weight excluding hydrogens is 243 g/mol. The maximum atomic E-state index is 13.5. The van der Waals surface area contributed by atoms with E-state index < -0.39 is 23.1 Å². The van der Waals surface area contributed by atoms with Crippen LogP contribution in [0.1, 0.15) is 12.6 Å². The molecule has 18 heavy (non-hydrogen) atoms. The number of nitrogens with zero attached hydrogens (tertiary/aromatic N) is 2. The van der Waals surface area contributed by atoms with Crippen molar-refractivity contribution in [3.63, 3.8) is 0 Å². The van der Waals surface area contributed by atoms with E-state index >= 15 is 0 Å². The van der Waals surface area contributed by atoms with Gasteiger partial charge < -0.3 is 9.88 Å². The molecule has 0 aliphatic carbocycles. The first-order valence-corrected chi connectivity index (χ1v) is 5.46. The SMILES string of the molecule is CCn1cc(C)nc1Nc1c(F)cc(F)cc1F. The van der Waals surface area contributed by atoms with Crippen molar-refractivity contribution < 1.29 is 13.2 Å². The van der Waals surface area contributed by atoms with Crippen molar-refractivity contribution in [2.75, 3.05) is 5.32 Å². The first-order valence-electron chi connectivity index (χ1n) is 5.46. The van der Waals surface area contributed by atoms with Crippen LogP contribution in [0, 0.1) is 24.4 Å². The van der Waals surface area contributed by atoms with Crippen LogP contribution < -0.4 is 5.32 Å². The highest BCUT2D eigenvalue weighted by Gasteiger charge is 2.14. The number of aromatic nitrogens is 2. The van der Waals surface area contributed by atoms with Gasteiger partial charge in [-0.25, -0.2) is 18.2 Å². The lowest BCUT2D eigenvalue weighted by Crippen LogP contribution is -2.05. The maximum absolute atomic E-state index is 13.5. The van der Waals surface area contributed by atoms with Crippen molar-refractivity contribution in [1.29, 1.82) is 0 Å². The van der Waals surface area contributed by atoms with Crippen molar-refractivity contribution in [3.8, 4) is 0 Å². The zero-order valence-corrected chi connectivity index (χ0v) is 9.97. The highest BCUT2D eigenvalue weighted by atomic mass is 19.1.